The summed E-state index contributed by atoms with van der Waals surface area (Å²) in [5.74, 6) is -0.712. The molecule has 1 aliphatic carbocycles. The lowest BCUT2D eigenvalue weighted by atomic mass is 9.91. The monoisotopic (exact) mass is 1090 g/mol. The van der Waals surface area contributed by atoms with E-state index in [1.807, 2.05) is 45.2 Å². The fraction of sp³-hybridized carbons (Fsp3) is 0.500. The number of phenolic OH excluding ortho intramolecular Hbond substituents is 1. The summed E-state index contributed by atoms with van der Waals surface area (Å²) in [5, 5.41) is 36.7. The summed E-state index contributed by atoms with van der Waals surface area (Å²) in [4.78, 5) is 50.5. The molecule has 78 heavy (non-hydrogen) atoms. The van der Waals surface area contributed by atoms with Gasteiger partial charge in [0.15, 0.2) is 11.6 Å². The van der Waals surface area contributed by atoms with E-state index in [1.54, 1.807) is 30.6 Å². The summed E-state index contributed by atoms with van der Waals surface area (Å²) >= 11 is 1.37. The van der Waals surface area contributed by atoms with Gasteiger partial charge in [0.1, 0.15) is 36.2 Å². The molecule has 2 amide bonds. The number of anilines is 3. The first-order valence-electron chi connectivity index (χ1n) is 27.1. The molecule has 22 heteroatoms. The number of nitrogen functional groups attached to an aromatic ring is 1. The predicted octanol–water partition coefficient (Wildman–Crippen LogP) is 6.69. The number of likely N-dealkylation sites (tertiary alicyclic amines) is 2. The lowest BCUT2D eigenvalue weighted by Crippen LogP contribution is -2.54. The Hall–Kier alpha value is -7.01. The molecule has 2 bridgehead atoms. The quantitative estimate of drug-likeness (QED) is 0.0701. The number of pyridine rings is 2. The van der Waals surface area contributed by atoms with E-state index in [0.29, 0.717) is 47.6 Å². The Labute approximate surface area is 456 Å². The topological polar surface area (TPSA) is 244 Å². The van der Waals surface area contributed by atoms with Gasteiger partial charge in [-0.15, -0.1) is 21.5 Å². The Morgan fingerprint density at radius 2 is 1.69 bits per heavy atom. The van der Waals surface area contributed by atoms with Gasteiger partial charge in [-0.05, 0) is 74.9 Å². The number of aryl methyl sites for hydroxylation is 1. The Balaban J connectivity index is 0.604. The third-order valence-electron chi connectivity index (χ3n) is 16.0. The van der Waals surface area contributed by atoms with Gasteiger partial charge in [0, 0.05) is 118 Å². The van der Waals surface area contributed by atoms with Crippen LogP contribution in [0.1, 0.15) is 94.7 Å². The second-order valence-corrected chi connectivity index (χ2v) is 22.6. The molecule has 5 fully saturated rings. The molecule has 9 heterocycles. The highest BCUT2D eigenvalue weighted by Crippen LogP contribution is 2.41. The minimum absolute atomic E-state index is 0.0345. The van der Waals surface area contributed by atoms with Crippen molar-refractivity contribution in [3.63, 3.8) is 0 Å². The number of piperidine rings is 1. The first-order chi connectivity index (χ1) is 37.7. The molecule has 5 aliphatic rings. The number of nitrogens with zero attached hydrogens (tertiary/aromatic N) is 10. The van der Waals surface area contributed by atoms with E-state index >= 15 is 4.39 Å². The number of nitrogens with two attached hydrogens (primary N) is 1. The van der Waals surface area contributed by atoms with E-state index in [1.165, 1.54) is 28.5 Å². The zero-order valence-corrected chi connectivity index (χ0v) is 45.1. The number of aromatic hydroxyl groups is 1. The SMILES string of the molecule is Cc1ncsc1-c1cc(F)c([C@H](C)NC(=O)[C@@H]2C[C@@H](O)CN2C(=O)[C@@H](c2cc(OCCN3CCC(OC4CC(Oc5cc(N6C7CC[C@@H]6CN(c6cc(-c8ccccc8O)nnc6N)C7)ccn5)C4)CC3)no2)C(C)C)cn1. The van der Waals surface area contributed by atoms with Gasteiger partial charge in [-0.3, -0.25) is 19.5 Å². The third kappa shape index (κ3) is 11.3. The maximum atomic E-state index is 15.4. The van der Waals surface area contributed by atoms with Gasteiger partial charge in [-0.25, -0.2) is 14.4 Å². The molecule has 1 unspecified atom stereocenters. The number of ether oxygens (including phenoxy) is 3. The summed E-state index contributed by atoms with van der Waals surface area (Å²) in [5.41, 5.74) is 12.6. The number of fused-ring (bicyclic) bond motifs is 2. The number of amides is 2. The number of hydrogen-bond acceptors (Lipinski definition) is 19. The Bertz CT molecular complexity index is 3080. The third-order valence-corrected chi connectivity index (χ3v) is 17.0. The van der Waals surface area contributed by atoms with Gasteiger partial charge in [0.05, 0.1) is 57.5 Å². The minimum atomic E-state index is -0.977. The molecule has 20 nitrogen and oxygen atoms in total. The Morgan fingerprint density at radius 3 is 2.42 bits per heavy atom. The number of β-amino-alcohol motifs (C(OH)–C–C–N with tert-alkyl or cyclic N) is 1. The summed E-state index contributed by atoms with van der Waals surface area (Å²) in [6, 6.07) is 15.0. The van der Waals surface area contributed by atoms with Crippen molar-refractivity contribution in [1.82, 2.24) is 45.4 Å². The molecular formula is C56H67FN12O8S. The average molecular weight is 1090 g/mol. The molecule has 412 valence electrons. The van der Waals surface area contributed by atoms with Crippen LogP contribution in [0.2, 0.25) is 0 Å². The number of aromatic nitrogens is 6. The van der Waals surface area contributed by atoms with Crippen LogP contribution in [-0.2, 0) is 14.3 Å². The average Bonchev–Trinajstić information content (AvgIpc) is 4.23. The number of phenols is 1. The van der Waals surface area contributed by atoms with Crippen LogP contribution in [-0.4, -0.2) is 151 Å². The van der Waals surface area contributed by atoms with Crippen LogP contribution in [0.15, 0.2) is 77.0 Å². The number of piperazine rings is 1. The van der Waals surface area contributed by atoms with Crippen LogP contribution in [0.25, 0.3) is 21.8 Å². The number of benzene rings is 1. The van der Waals surface area contributed by atoms with Crippen molar-refractivity contribution >= 4 is 40.3 Å². The zero-order chi connectivity index (χ0) is 54.2. The second-order valence-electron chi connectivity index (χ2n) is 21.7. The van der Waals surface area contributed by atoms with Crippen molar-refractivity contribution in [2.45, 2.75) is 127 Å². The molecule has 4 aliphatic heterocycles. The normalized spacial score (nSPS) is 23.3. The highest BCUT2D eigenvalue weighted by atomic mass is 32.1. The van der Waals surface area contributed by atoms with Gasteiger partial charge in [-0.2, -0.15) is 0 Å². The van der Waals surface area contributed by atoms with Crippen LogP contribution in [0.4, 0.5) is 21.6 Å². The number of nitrogens with one attached hydrogen (secondary N) is 1. The van der Waals surface area contributed by atoms with E-state index in [9.17, 15) is 19.8 Å². The first kappa shape index (κ1) is 53.0. The molecule has 0 radical (unpaired) electrons. The molecule has 5 aromatic heterocycles. The van der Waals surface area contributed by atoms with Gasteiger partial charge < -0.3 is 54.7 Å². The van der Waals surface area contributed by atoms with Crippen LogP contribution < -0.4 is 30.3 Å². The molecular weight excluding hydrogens is 1020 g/mol. The minimum Gasteiger partial charge on any atom is -0.507 e. The van der Waals surface area contributed by atoms with Crippen LogP contribution in [0.5, 0.6) is 17.5 Å². The fourth-order valence-electron chi connectivity index (χ4n) is 11.9. The number of para-hydroxylation sites is 1. The highest BCUT2D eigenvalue weighted by molar-refractivity contribution is 7.13. The maximum absolute atomic E-state index is 15.4. The molecule has 5 N–H and O–H groups in total. The van der Waals surface area contributed by atoms with Crippen LogP contribution in [0.3, 0.4) is 0 Å². The predicted molar refractivity (Wildman–Crippen MR) is 290 cm³/mol. The standard InChI is InChI=1S/C56H67FN12O8S/c1-31(2)52(56(73)68-29-37(70)20-47(68)55(72)62-32(3)42-26-60-45(23-43(42)57)53-33(4)61-30-78-53)49-25-51(65-77-49)74-18-17-66-15-12-38(13-16-66)75-39-21-40(22-39)76-50-19-34(11-14-59-50)69-35-9-10-36(69)28-67(27-35)46-24-44(63-64-54(46)58)41-7-5-6-8-48(41)71/h5-8,11,14,19,23-26,30-32,35-40,47,52,70-71H,9-10,12-13,15-18,20-22,27-29H2,1-4H3,(H2,58,64)(H,62,72)/t32-,35+,36?,37+,39?,40?,47-,52+/m0/s1. The number of thiazole rings is 1. The van der Waals surface area contributed by atoms with Crippen molar-refractivity contribution in [2.24, 2.45) is 5.92 Å². The van der Waals surface area contributed by atoms with Crippen LogP contribution >= 0.6 is 11.3 Å². The molecule has 1 saturated carbocycles. The lowest BCUT2D eigenvalue weighted by Gasteiger charge is -2.43. The largest absolute Gasteiger partial charge is 0.507 e. The Kier molecular flexibility index (Phi) is 15.5. The van der Waals surface area contributed by atoms with Crippen molar-refractivity contribution in [2.75, 3.05) is 61.4 Å². The second kappa shape index (κ2) is 22.8. The number of halogens is 1. The van der Waals surface area contributed by atoms with Gasteiger partial charge >= 0.3 is 0 Å². The smallest absolute Gasteiger partial charge is 0.254 e. The fourth-order valence-corrected chi connectivity index (χ4v) is 12.6. The van der Waals surface area contributed by atoms with E-state index in [2.05, 4.69) is 62.5 Å². The number of carbonyl (C=O) groups is 2. The van der Waals surface area contributed by atoms with Crippen molar-refractivity contribution in [1.29, 1.82) is 0 Å². The maximum Gasteiger partial charge on any atom is 0.254 e. The first-order valence-corrected chi connectivity index (χ1v) is 28.0. The summed E-state index contributed by atoms with van der Waals surface area (Å²) in [6.07, 6.45) is 8.30. The lowest BCUT2D eigenvalue weighted by molar-refractivity contribution is -0.141. The van der Waals surface area contributed by atoms with Gasteiger partial charge in [-0.1, -0.05) is 26.0 Å². The summed E-state index contributed by atoms with van der Waals surface area (Å²) in [6.45, 7) is 11.6. The molecule has 1 aromatic carbocycles. The van der Waals surface area contributed by atoms with E-state index in [-0.39, 0.29) is 72.4 Å². The van der Waals surface area contributed by atoms with E-state index in [0.717, 1.165) is 86.6 Å². The van der Waals surface area contributed by atoms with E-state index in [4.69, 9.17) is 24.5 Å². The Morgan fingerprint density at radius 1 is 0.910 bits per heavy atom. The molecule has 6 aromatic rings. The molecule has 4 saturated heterocycles. The number of hydrogen-bond donors (Lipinski definition) is 4. The molecule has 0 spiro atoms. The van der Waals surface area contributed by atoms with Crippen molar-refractivity contribution < 1.29 is 42.9 Å². The summed E-state index contributed by atoms with van der Waals surface area (Å²) in [7, 11) is 0. The number of rotatable bonds is 18. The van der Waals surface area contributed by atoms with Crippen molar-refractivity contribution in [3.05, 3.63) is 95.3 Å². The molecule has 11 rings (SSSR count). The molecule has 6 atom stereocenters. The summed E-state index contributed by atoms with van der Waals surface area (Å²) < 4.78 is 40.0. The number of carbonyl (C=O) groups excluding carboxylic acids is 2. The van der Waals surface area contributed by atoms with E-state index < -0.39 is 35.8 Å². The zero-order valence-electron chi connectivity index (χ0n) is 44.3. The number of aliphatic hydroxyl groups is 1. The van der Waals surface area contributed by atoms with Crippen LogP contribution in [0, 0.1) is 18.7 Å². The van der Waals surface area contributed by atoms with Gasteiger partial charge in [0.2, 0.25) is 17.7 Å². The van der Waals surface area contributed by atoms with Crippen molar-refractivity contribution in [3.8, 4) is 39.3 Å². The highest BCUT2D eigenvalue weighted by Gasteiger charge is 2.45. The number of aliphatic hydroxyl groups excluding tert-OH is 1. The van der Waals surface area contributed by atoms with Gasteiger partial charge in [0.25, 0.3) is 5.88 Å².